The van der Waals surface area contributed by atoms with E-state index < -0.39 is 0 Å². The Bertz CT molecular complexity index is 484. The van der Waals surface area contributed by atoms with Crippen LogP contribution < -0.4 is 4.80 Å². The van der Waals surface area contributed by atoms with Crippen molar-refractivity contribution in [2.75, 3.05) is 13.7 Å². The van der Waals surface area contributed by atoms with Crippen LogP contribution in [0.3, 0.4) is 0 Å². The molecular weight excluding hydrogens is 260 g/mol. The van der Waals surface area contributed by atoms with Gasteiger partial charge in [0.15, 0.2) is 4.80 Å². The van der Waals surface area contributed by atoms with E-state index in [1.807, 2.05) is 13.8 Å². The summed E-state index contributed by atoms with van der Waals surface area (Å²) in [6.07, 6.45) is 1.69. The number of methoxy groups -OCH3 is 1. The van der Waals surface area contributed by atoms with Gasteiger partial charge in [-0.05, 0) is 26.7 Å². The topological polar surface area (TPSA) is 43.6 Å². The molecule has 0 N–H and O–H groups in total. The van der Waals surface area contributed by atoms with Crippen molar-refractivity contribution in [3.63, 3.8) is 0 Å². The summed E-state index contributed by atoms with van der Waals surface area (Å²) in [4.78, 5) is 18.4. The zero-order chi connectivity index (χ0) is 14.4. The molecule has 0 aliphatic heterocycles. The second-order valence-electron chi connectivity index (χ2n) is 4.63. The van der Waals surface area contributed by atoms with Crippen LogP contribution in [0.15, 0.2) is 4.99 Å². The Labute approximate surface area is 119 Å². The minimum absolute atomic E-state index is 0.00239. The second-order valence-corrected chi connectivity index (χ2v) is 5.82. The third kappa shape index (κ3) is 4.01. The fraction of sp³-hybridized carbons (Fsp3) is 0.714. The van der Waals surface area contributed by atoms with Gasteiger partial charge in [-0.25, -0.2) is 0 Å². The van der Waals surface area contributed by atoms with E-state index >= 15 is 0 Å². The zero-order valence-corrected chi connectivity index (χ0v) is 13.3. The van der Waals surface area contributed by atoms with E-state index in [1.54, 1.807) is 18.4 Å². The lowest BCUT2D eigenvalue weighted by Gasteiger charge is -2.07. The lowest BCUT2D eigenvalue weighted by molar-refractivity contribution is -0.122. The average Bonchev–Trinajstić information content (AvgIpc) is 2.64. The summed E-state index contributed by atoms with van der Waals surface area (Å²) in [5, 5.41) is 0. The van der Waals surface area contributed by atoms with Gasteiger partial charge in [0.2, 0.25) is 0 Å². The molecule has 108 valence electrons. The Morgan fingerprint density at radius 2 is 2.00 bits per heavy atom. The third-order valence-electron chi connectivity index (χ3n) is 3.45. The van der Waals surface area contributed by atoms with Crippen molar-refractivity contribution in [3.8, 4) is 0 Å². The number of hydrogen-bond donors (Lipinski definition) is 0. The van der Waals surface area contributed by atoms with Gasteiger partial charge in [-0.2, -0.15) is 4.99 Å². The number of carbonyl (C=O) groups is 1. The largest absolute Gasteiger partial charge is 0.383 e. The Morgan fingerprint density at radius 1 is 1.37 bits per heavy atom. The van der Waals surface area contributed by atoms with Crippen molar-refractivity contribution in [1.29, 1.82) is 0 Å². The molecule has 1 heterocycles. The summed E-state index contributed by atoms with van der Waals surface area (Å²) in [7, 11) is 1.68. The molecule has 0 saturated carbocycles. The lowest BCUT2D eigenvalue weighted by atomic mass is 10.0. The Kier molecular flexibility index (Phi) is 6.45. The summed E-state index contributed by atoms with van der Waals surface area (Å²) < 4.78 is 7.19. The summed E-state index contributed by atoms with van der Waals surface area (Å²) in [6.45, 7) is 9.55. The van der Waals surface area contributed by atoms with Gasteiger partial charge in [0, 0.05) is 30.1 Å². The SMILES string of the molecule is CCC(CC)C(=O)/N=c1\sc(C)c(C)n1CCOC. The molecule has 0 aliphatic carbocycles. The van der Waals surface area contributed by atoms with E-state index in [1.165, 1.54) is 4.88 Å². The Hall–Kier alpha value is -0.940. The van der Waals surface area contributed by atoms with E-state index in [0.29, 0.717) is 6.61 Å². The fourth-order valence-electron chi connectivity index (χ4n) is 1.95. The first kappa shape index (κ1) is 16.1. The number of aromatic nitrogens is 1. The molecular formula is C14H24N2O2S. The maximum Gasteiger partial charge on any atom is 0.251 e. The van der Waals surface area contributed by atoms with E-state index in [4.69, 9.17) is 4.74 Å². The van der Waals surface area contributed by atoms with Gasteiger partial charge >= 0.3 is 0 Å². The van der Waals surface area contributed by atoms with Gasteiger partial charge in [0.25, 0.3) is 5.91 Å². The van der Waals surface area contributed by atoms with E-state index in [2.05, 4.69) is 23.4 Å². The van der Waals surface area contributed by atoms with Crippen LogP contribution in [0, 0.1) is 19.8 Å². The van der Waals surface area contributed by atoms with E-state index in [-0.39, 0.29) is 11.8 Å². The van der Waals surface area contributed by atoms with Crippen LogP contribution in [0.2, 0.25) is 0 Å². The molecule has 1 aromatic rings. The van der Waals surface area contributed by atoms with Gasteiger partial charge in [-0.1, -0.05) is 13.8 Å². The summed E-state index contributed by atoms with van der Waals surface area (Å²) >= 11 is 1.58. The molecule has 0 spiro atoms. The van der Waals surface area contributed by atoms with Gasteiger partial charge in [-0.3, -0.25) is 4.79 Å². The van der Waals surface area contributed by atoms with Crippen molar-refractivity contribution in [1.82, 2.24) is 4.57 Å². The van der Waals surface area contributed by atoms with Gasteiger partial charge in [-0.15, -0.1) is 11.3 Å². The molecule has 0 fully saturated rings. The highest BCUT2D eigenvalue weighted by Gasteiger charge is 2.14. The quantitative estimate of drug-likeness (QED) is 0.806. The van der Waals surface area contributed by atoms with Crippen LogP contribution in [-0.2, 0) is 16.1 Å². The minimum atomic E-state index is -0.00239. The van der Waals surface area contributed by atoms with E-state index in [9.17, 15) is 4.79 Å². The Balaban J connectivity index is 3.11. The van der Waals surface area contributed by atoms with Crippen molar-refractivity contribution in [3.05, 3.63) is 15.4 Å². The predicted molar refractivity (Wildman–Crippen MR) is 78.3 cm³/mol. The lowest BCUT2D eigenvalue weighted by Crippen LogP contribution is -2.22. The van der Waals surface area contributed by atoms with Crippen molar-refractivity contribution in [2.45, 2.75) is 47.1 Å². The molecule has 0 unspecified atom stereocenters. The number of nitrogens with zero attached hydrogens (tertiary/aromatic N) is 2. The summed E-state index contributed by atoms with van der Waals surface area (Å²) in [6, 6.07) is 0. The van der Waals surface area contributed by atoms with Crippen LogP contribution in [-0.4, -0.2) is 24.2 Å². The zero-order valence-electron chi connectivity index (χ0n) is 12.5. The number of hydrogen-bond acceptors (Lipinski definition) is 3. The van der Waals surface area contributed by atoms with Crippen molar-refractivity contribution >= 4 is 17.2 Å². The highest BCUT2D eigenvalue weighted by atomic mass is 32.1. The van der Waals surface area contributed by atoms with E-state index in [0.717, 1.165) is 29.9 Å². The highest BCUT2D eigenvalue weighted by molar-refractivity contribution is 7.09. The first-order valence-corrected chi connectivity index (χ1v) is 7.61. The molecule has 0 aromatic carbocycles. The predicted octanol–water partition coefficient (Wildman–Crippen LogP) is 2.68. The molecule has 0 aliphatic rings. The minimum Gasteiger partial charge on any atom is -0.383 e. The molecule has 1 amide bonds. The maximum absolute atomic E-state index is 12.1. The molecule has 1 aromatic heterocycles. The third-order valence-corrected chi connectivity index (χ3v) is 4.55. The van der Waals surface area contributed by atoms with Crippen LogP contribution in [0.5, 0.6) is 0 Å². The fourth-order valence-corrected chi connectivity index (χ4v) is 2.96. The number of amides is 1. The molecule has 4 nitrogen and oxygen atoms in total. The molecule has 0 bridgehead atoms. The Morgan fingerprint density at radius 3 is 2.53 bits per heavy atom. The number of carbonyl (C=O) groups excluding carboxylic acids is 1. The number of thiazole rings is 1. The maximum atomic E-state index is 12.1. The summed E-state index contributed by atoms with van der Waals surface area (Å²) in [5.41, 5.74) is 1.16. The molecule has 1 rings (SSSR count). The summed E-state index contributed by atoms with van der Waals surface area (Å²) in [5.74, 6) is 0.0380. The second kappa shape index (κ2) is 7.60. The molecule has 0 saturated heterocycles. The van der Waals surface area contributed by atoms with Crippen LogP contribution >= 0.6 is 11.3 Å². The molecule has 5 heteroatoms. The normalized spacial score (nSPS) is 12.4. The molecule has 0 radical (unpaired) electrons. The van der Waals surface area contributed by atoms with Gasteiger partial charge in [0.05, 0.1) is 6.61 Å². The first-order valence-electron chi connectivity index (χ1n) is 6.79. The van der Waals surface area contributed by atoms with Crippen LogP contribution in [0.4, 0.5) is 0 Å². The molecule has 0 atom stereocenters. The number of rotatable bonds is 6. The van der Waals surface area contributed by atoms with Crippen LogP contribution in [0.25, 0.3) is 0 Å². The number of ether oxygens (including phenoxy) is 1. The number of aryl methyl sites for hydroxylation is 1. The highest BCUT2D eigenvalue weighted by Crippen LogP contribution is 2.12. The van der Waals surface area contributed by atoms with Crippen LogP contribution in [0.1, 0.15) is 37.3 Å². The average molecular weight is 284 g/mol. The van der Waals surface area contributed by atoms with Gasteiger partial charge < -0.3 is 9.30 Å². The standard InChI is InChI=1S/C14H24N2O2S/c1-6-12(7-2)13(17)15-14-16(8-9-18-5)10(3)11(4)19-14/h12H,6-9H2,1-5H3/b15-14-. The van der Waals surface area contributed by atoms with Crippen molar-refractivity contribution in [2.24, 2.45) is 10.9 Å². The molecule has 19 heavy (non-hydrogen) atoms. The van der Waals surface area contributed by atoms with Gasteiger partial charge in [0.1, 0.15) is 0 Å². The smallest absolute Gasteiger partial charge is 0.251 e. The first-order chi connectivity index (χ1) is 9.04. The monoisotopic (exact) mass is 284 g/mol. The van der Waals surface area contributed by atoms with Crippen molar-refractivity contribution < 1.29 is 9.53 Å².